The molecule has 2 aromatic carbocycles. The van der Waals surface area contributed by atoms with Crippen LogP contribution >= 0.6 is 11.6 Å². The van der Waals surface area contributed by atoms with Crippen LogP contribution in [0.2, 0.25) is 0 Å². The van der Waals surface area contributed by atoms with Crippen LogP contribution in [0.15, 0.2) is 42.5 Å². The number of carbonyl (C=O) groups excluding carboxylic acids is 1. The van der Waals surface area contributed by atoms with Crippen molar-refractivity contribution in [1.29, 1.82) is 0 Å². The summed E-state index contributed by atoms with van der Waals surface area (Å²) in [5.41, 5.74) is -0.000214. The molecular weight excluding hydrogens is 260 g/mol. The molecule has 0 fully saturated rings. The second-order valence-electron chi connectivity index (χ2n) is 4.52. The fraction of sp³-hybridized carbons (Fsp3) is 0.312. The summed E-state index contributed by atoms with van der Waals surface area (Å²) < 4.78 is 5.21. The molecule has 19 heavy (non-hydrogen) atoms. The molecule has 0 saturated carbocycles. The number of unbranched alkanes of at least 4 members (excludes halogenated alkanes) is 1. The Labute approximate surface area is 118 Å². The van der Waals surface area contributed by atoms with Crippen molar-refractivity contribution < 1.29 is 9.53 Å². The van der Waals surface area contributed by atoms with Gasteiger partial charge in [0.05, 0.1) is 5.56 Å². The van der Waals surface area contributed by atoms with E-state index in [9.17, 15) is 4.79 Å². The molecule has 100 valence electrons. The average Bonchev–Trinajstić information content (AvgIpc) is 2.44. The molecule has 0 aliphatic carbocycles. The van der Waals surface area contributed by atoms with E-state index < -0.39 is 5.56 Å². The summed E-state index contributed by atoms with van der Waals surface area (Å²) in [6.07, 6.45) is 2.69. The molecule has 0 bridgehead atoms. The van der Waals surface area contributed by atoms with Gasteiger partial charge in [-0.25, -0.2) is 4.79 Å². The van der Waals surface area contributed by atoms with Gasteiger partial charge >= 0.3 is 5.97 Å². The quantitative estimate of drug-likeness (QED) is 0.582. The van der Waals surface area contributed by atoms with Gasteiger partial charge in [0, 0.05) is 0 Å². The lowest BCUT2D eigenvalue weighted by Crippen LogP contribution is -2.12. The van der Waals surface area contributed by atoms with E-state index in [1.807, 2.05) is 36.4 Å². The monoisotopic (exact) mass is 276 g/mol. The van der Waals surface area contributed by atoms with Crippen LogP contribution in [0.4, 0.5) is 0 Å². The number of ether oxygens (including phenoxy) is 1. The first-order valence-electron chi connectivity index (χ1n) is 6.54. The minimum Gasteiger partial charge on any atom is -0.442 e. The minimum atomic E-state index is -0.543. The van der Waals surface area contributed by atoms with E-state index in [4.69, 9.17) is 16.3 Å². The number of alkyl halides is 1. The van der Waals surface area contributed by atoms with Crippen molar-refractivity contribution in [3.05, 3.63) is 48.0 Å². The van der Waals surface area contributed by atoms with Gasteiger partial charge in [0.25, 0.3) is 0 Å². The van der Waals surface area contributed by atoms with Gasteiger partial charge in [-0.3, -0.25) is 0 Å². The lowest BCUT2D eigenvalue weighted by atomic mass is 10.1. The van der Waals surface area contributed by atoms with Crippen molar-refractivity contribution in [2.75, 3.05) is 0 Å². The maximum absolute atomic E-state index is 12.0. The van der Waals surface area contributed by atoms with Gasteiger partial charge in [0.2, 0.25) is 0 Å². The first-order chi connectivity index (χ1) is 9.20. The normalized spacial score (nSPS) is 12.3. The first-order valence-corrected chi connectivity index (χ1v) is 6.98. The van der Waals surface area contributed by atoms with Gasteiger partial charge in [-0.05, 0) is 35.7 Å². The third-order valence-electron chi connectivity index (χ3n) is 3.00. The highest BCUT2D eigenvalue weighted by molar-refractivity contribution is 6.20. The molecule has 0 N–H and O–H groups in total. The molecule has 0 amide bonds. The van der Waals surface area contributed by atoms with E-state index >= 15 is 0 Å². The van der Waals surface area contributed by atoms with Crippen molar-refractivity contribution in [2.45, 2.75) is 31.7 Å². The second kappa shape index (κ2) is 6.58. The molecule has 0 saturated heterocycles. The van der Waals surface area contributed by atoms with Gasteiger partial charge in [-0.15, -0.1) is 0 Å². The van der Waals surface area contributed by atoms with Crippen molar-refractivity contribution in [1.82, 2.24) is 0 Å². The third-order valence-corrected chi connectivity index (χ3v) is 3.31. The van der Waals surface area contributed by atoms with E-state index in [-0.39, 0.29) is 5.97 Å². The molecule has 0 radical (unpaired) electrons. The summed E-state index contributed by atoms with van der Waals surface area (Å²) in [6.45, 7) is 2.08. The lowest BCUT2D eigenvalue weighted by molar-refractivity contribution is 0.0434. The van der Waals surface area contributed by atoms with Crippen LogP contribution in [-0.4, -0.2) is 11.5 Å². The number of halogens is 1. The molecule has 3 heteroatoms. The Kier molecular flexibility index (Phi) is 4.80. The van der Waals surface area contributed by atoms with Gasteiger partial charge in [-0.1, -0.05) is 55.3 Å². The standard InChI is InChI=1S/C16H17ClO2/c1-2-3-8-15(17)19-16(18)14-10-9-12-6-4-5-7-13(12)11-14/h4-7,9-11,15H,2-3,8H2,1H3. The van der Waals surface area contributed by atoms with E-state index in [2.05, 4.69) is 6.92 Å². The van der Waals surface area contributed by atoms with Crippen LogP contribution in [0.3, 0.4) is 0 Å². The van der Waals surface area contributed by atoms with Crippen LogP contribution in [-0.2, 0) is 4.74 Å². The molecule has 2 aromatic rings. The highest BCUT2D eigenvalue weighted by atomic mass is 35.5. The maximum Gasteiger partial charge on any atom is 0.339 e. The van der Waals surface area contributed by atoms with Crippen LogP contribution in [0, 0.1) is 0 Å². The van der Waals surface area contributed by atoms with Crippen molar-refractivity contribution >= 4 is 28.3 Å². The Balaban J connectivity index is 2.08. The van der Waals surface area contributed by atoms with Gasteiger partial charge in [0.15, 0.2) is 5.56 Å². The lowest BCUT2D eigenvalue weighted by Gasteiger charge is -2.11. The van der Waals surface area contributed by atoms with Crippen molar-refractivity contribution in [3.63, 3.8) is 0 Å². The number of esters is 1. The summed E-state index contributed by atoms with van der Waals surface area (Å²) in [6, 6.07) is 13.4. The maximum atomic E-state index is 12.0. The van der Waals surface area contributed by atoms with Gasteiger partial charge in [-0.2, -0.15) is 0 Å². The van der Waals surface area contributed by atoms with E-state index in [1.54, 1.807) is 6.07 Å². The zero-order valence-corrected chi connectivity index (χ0v) is 11.7. The number of rotatable bonds is 5. The van der Waals surface area contributed by atoms with Crippen LogP contribution < -0.4 is 0 Å². The zero-order chi connectivity index (χ0) is 13.7. The van der Waals surface area contributed by atoms with Crippen LogP contribution in [0.1, 0.15) is 36.5 Å². The summed E-state index contributed by atoms with van der Waals surface area (Å²) in [4.78, 5) is 12.0. The molecule has 0 aromatic heterocycles. The third kappa shape index (κ3) is 3.71. The Morgan fingerprint density at radius 3 is 2.68 bits per heavy atom. The smallest absolute Gasteiger partial charge is 0.339 e. The zero-order valence-electron chi connectivity index (χ0n) is 10.9. The fourth-order valence-electron chi connectivity index (χ4n) is 1.92. The van der Waals surface area contributed by atoms with Crippen LogP contribution in [0.25, 0.3) is 10.8 Å². The SMILES string of the molecule is CCCCC(Cl)OC(=O)c1ccc2ccccc2c1. The number of benzene rings is 2. The summed E-state index contributed by atoms with van der Waals surface area (Å²) in [5, 5.41) is 2.13. The summed E-state index contributed by atoms with van der Waals surface area (Å²) in [5.74, 6) is -0.359. The van der Waals surface area contributed by atoms with Crippen molar-refractivity contribution in [2.24, 2.45) is 0 Å². The van der Waals surface area contributed by atoms with Crippen molar-refractivity contribution in [3.8, 4) is 0 Å². The second-order valence-corrected chi connectivity index (χ2v) is 5.01. The average molecular weight is 277 g/mol. The summed E-state index contributed by atoms with van der Waals surface area (Å²) >= 11 is 5.98. The molecule has 1 unspecified atom stereocenters. The number of carbonyl (C=O) groups is 1. The van der Waals surface area contributed by atoms with E-state index in [0.717, 1.165) is 23.6 Å². The molecule has 0 aliphatic rings. The Bertz CT molecular complexity index is 565. The summed E-state index contributed by atoms with van der Waals surface area (Å²) in [7, 11) is 0. The number of hydrogen-bond donors (Lipinski definition) is 0. The molecule has 2 nitrogen and oxygen atoms in total. The Hall–Kier alpha value is -1.54. The Morgan fingerprint density at radius 2 is 1.95 bits per heavy atom. The molecule has 2 rings (SSSR count). The Morgan fingerprint density at radius 1 is 1.21 bits per heavy atom. The fourth-order valence-corrected chi connectivity index (χ4v) is 2.16. The van der Waals surface area contributed by atoms with E-state index in [0.29, 0.717) is 12.0 Å². The molecule has 0 spiro atoms. The molecule has 0 heterocycles. The molecule has 0 aliphatic heterocycles. The number of hydrogen-bond acceptors (Lipinski definition) is 2. The largest absolute Gasteiger partial charge is 0.442 e. The first kappa shape index (κ1) is 13.9. The van der Waals surface area contributed by atoms with E-state index in [1.165, 1.54) is 0 Å². The van der Waals surface area contributed by atoms with Gasteiger partial charge in [0.1, 0.15) is 0 Å². The predicted molar refractivity (Wildman–Crippen MR) is 78.5 cm³/mol. The highest BCUT2D eigenvalue weighted by Gasteiger charge is 2.13. The molecular formula is C16H17ClO2. The molecule has 1 atom stereocenters. The predicted octanol–water partition coefficient (Wildman–Crippen LogP) is 4.75. The minimum absolute atomic E-state index is 0.359. The van der Waals surface area contributed by atoms with Gasteiger partial charge < -0.3 is 4.74 Å². The number of fused-ring (bicyclic) bond motifs is 1. The topological polar surface area (TPSA) is 26.3 Å². The highest BCUT2D eigenvalue weighted by Crippen LogP contribution is 2.18. The van der Waals surface area contributed by atoms with Crippen LogP contribution in [0.5, 0.6) is 0 Å².